The first-order valence-electron chi connectivity index (χ1n) is 4.87. The molecular formula is C11H16N4O. The lowest BCUT2D eigenvalue weighted by Gasteiger charge is -2.19. The van der Waals surface area contributed by atoms with E-state index in [1.807, 2.05) is 32.0 Å². The highest BCUT2D eigenvalue weighted by atomic mass is 16.2. The van der Waals surface area contributed by atoms with Gasteiger partial charge in [-0.15, -0.1) is 0 Å². The number of urea groups is 1. The second-order valence-electron chi connectivity index (χ2n) is 3.62. The quantitative estimate of drug-likeness (QED) is 0.549. The van der Waals surface area contributed by atoms with E-state index < -0.39 is 6.03 Å². The zero-order valence-electron chi connectivity index (χ0n) is 9.69. The van der Waals surface area contributed by atoms with Gasteiger partial charge < -0.3 is 11.5 Å². The molecule has 1 aromatic carbocycles. The van der Waals surface area contributed by atoms with Gasteiger partial charge in [0, 0.05) is 7.05 Å². The average molecular weight is 220 g/mol. The van der Waals surface area contributed by atoms with E-state index in [0.29, 0.717) is 0 Å². The maximum Gasteiger partial charge on any atom is 0.350 e. The molecule has 0 bridgehead atoms. The first kappa shape index (κ1) is 12.0. The molecule has 0 fully saturated rings. The van der Waals surface area contributed by atoms with Crippen LogP contribution in [0.2, 0.25) is 0 Å². The van der Waals surface area contributed by atoms with Gasteiger partial charge in [0.2, 0.25) is 0 Å². The van der Waals surface area contributed by atoms with Gasteiger partial charge in [0.15, 0.2) is 5.96 Å². The lowest BCUT2D eigenvalue weighted by atomic mass is 10.1. The number of carbonyl (C=O) groups is 1. The number of carbonyl (C=O) groups excluding carboxylic acids is 1. The number of rotatable bonds is 1. The third-order valence-electron chi connectivity index (χ3n) is 2.29. The van der Waals surface area contributed by atoms with Crippen molar-refractivity contribution >= 4 is 17.7 Å². The second-order valence-corrected chi connectivity index (χ2v) is 3.62. The van der Waals surface area contributed by atoms with Gasteiger partial charge in [-0.2, -0.15) is 4.99 Å². The van der Waals surface area contributed by atoms with Crippen molar-refractivity contribution in [3.8, 4) is 0 Å². The molecule has 0 aliphatic rings. The molecule has 0 radical (unpaired) electrons. The molecule has 0 atom stereocenters. The summed E-state index contributed by atoms with van der Waals surface area (Å²) in [4.78, 5) is 16.6. The fraction of sp³-hybridized carbons (Fsp3) is 0.273. The molecule has 5 heteroatoms. The van der Waals surface area contributed by atoms with E-state index in [1.165, 1.54) is 4.90 Å². The zero-order valence-corrected chi connectivity index (χ0v) is 9.69. The molecule has 5 nitrogen and oxygen atoms in total. The average Bonchev–Trinajstić information content (AvgIpc) is 2.16. The monoisotopic (exact) mass is 220 g/mol. The van der Waals surface area contributed by atoms with Crippen molar-refractivity contribution < 1.29 is 4.79 Å². The summed E-state index contributed by atoms with van der Waals surface area (Å²) in [5, 5.41) is 0. The Morgan fingerprint density at radius 2 is 1.75 bits per heavy atom. The van der Waals surface area contributed by atoms with Crippen molar-refractivity contribution in [2.75, 3.05) is 11.9 Å². The Labute approximate surface area is 94.8 Å². The summed E-state index contributed by atoms with van der Waals surface area (Å²) in [6.07, 6.45) is 0. The molecule has 0 aromatic heterocycles. The van der Waals surface area contributed by atoms with Gasteiger partial charge in [-0.25, -0.2) is 4.79 Å². The number of para-hydroxylation sites is 1. The Morgan fingerprint density at radius 3 is 2.19 bits per heavy atom. The summed E-state index contributed by atoms with van der Waals surface area (Å²) < 4.78 is 0. The van der Waals surface area contributed by atoms with Crippen LogP contribution in [0, 0.1) is 13.8 Å². The molecule has 1 rings (SSSR count). The smallest absolute Gasteiger partial charge is 0.350 e. The minimum absolute atomic E-state index is 0.233. The standard InChI is InChI=1S/C11H16N4O/c1-7-5-4-6-8(2)9(7)15(3)11(16)14-10(12)13/h4-6H,1-3H3,(H4,12,13,14,16). The Bertz CT molecular complexity index is 415. The van der Waals surface area contributed by atoms with Gasteiger partial charge in [-0.05, 0) is 25.0 Å². The van der Waals surface area contributed by atoms with E-state index in [4.69, 9.17) is 11.5 Å². The highest BCUT2D eigenvalue weighted by Crippen LogP contribution is 2.23. The minimum Gasteiger partial charge on any atom is -0.370 e. The molecule has 0 saturated carbocycles. The van der Waals surface area contributed by atoms with E-state index in [2.05, 4.69) is 4.99 Å². The van der Waals surface area contributed by atoms with Crippen LogP contribution < -0.4 is 16.4 Å². The largest absolute Gasteiger partial charge is 0.370 e. The molecule has 2 amide bonds. The van der Waals surface area contributed by atoms with Crippen molar-refractivity contribution in [3.63, 3.8) is 0 Å². The molecule has 0 unspecified atom stereocenters. The summed E-state index contributed by atoms with van der Waals surface area (Å²) in [6.45, 7) is 3.86. The molecule has 0 heterocycles. The number of hydrogen-bond donors (Lipinski definition) is 2. The molecule has 86 valence electrons. The maximum atomic E-state index is 11.6. The van der Waals surface area contributed by atoms with Crippen LogP contribution in [0.1, 0.15) is 11.1 Å². The number of guanidine groups is 1. The van der Waals surface area contributed by atoms with E-state index in [9.17, 15) is 4.79 Å². The van der Waals surface area contributed by atoms with Crippen molar-refractivity contribution in [1.82, 2.24) is 0 Å². The molecule has 4 N–H and O–H groups in total. The Morgan fingerprint density at radius 1 is 1.25 bits per heavy atom. The SMILES string of the molecule is Cc1cccc(C)c1N(C)C(=O)N=C(N)N. The highest BCUT2D eigenvalue weighted by molar-refractivity contribution is 6.00. The molecule has 0 saturated heterocycles. The van der Waals surface area contributed by atoms with E-state index in [1.54, 1.807) is 7.05 Å². The minimum atomic E-state index is -0.475. The first-order chi connectivity index (χ1) is 7.43. The van der Waals surface area contributed by atoms with Crippen molar-refractivity contribution in [2.24, 2.45) is 16.5 Å². The summed E-state index contributed by atoms with van der Waals surface area (Å²) in [7, 11) is 1.64. The first-order valence-corrected chi connectivity index (χ1v) is 4.87. The lowest BCUT2D eigenvalue weighted by Crippen LogP contribution is -2.30. The van der Waals surface area contributed by atoms with Crippen molar-refractivity contribution in [2.45, 2.75) is 13.8 Å². The number of aryl methyl sites for hydroxylation is 2. The Kier molecular flexibility index (Phi) is 3.50. The predicted octanol–water partition coefficient (Wildman–Crippen LogP) is 1.13. The summed E-state index contributed by atoms with van der Waals surface area (Å²) >= 11 is 0. The lowest BCUT2D eigenvalue weighted by molar-refractivity contribution is 0.255. The van der Waals surface area contributed by atoms with Crippen LogP contribution in [-0.4, -0.2) is 19.0 Å². The van der Waals surface area contributed by atoms with Crippen LogP contribution in [0.15, 0.2) is 23.2 Å². The third kappa shape index (κ3) is 2.50. The van der Waals surface area contributed by atoms with Gasteiger partial charge in [-0.1, -0.05) is 18.2 Å². The molecule has 0 spiro atoms. The summed E-state index contributed by atoms with van der Waals surface area (Å²) in [5.41, 5.74) is 13.2. The molecule has 0 aliphatic carbocycles. The van der Waals surface area contributed by atoms with Crippen LogP contribution in [0.25, 0.3) is 0 Å². The molecular weight excluding hydrogens is 204 g/mol. The summed E-state index contributed by atoms with van der Waals surface area (Å²) in [5.74, 6) is -0.233. The topological polar surface area (TPSA) is 84.7 Å². The number of amides is 2. The summed E-state index contributed by atoms with van der Waals surface area (Å²) in [6, 6.07) is 5.33. The fourth-order valence-corrected chi connectivity index (χ4v) is 1.62. The van der Waals surface area contributed by atoms with Gasteiger partial charge in [0.25, 0.3) is 0 Å². The van der Waals surface area contributed by atoms with E-state index in [-0.39, 0.29) is 5.96 Å². The molecule has 16 heavy (non-hydrogen) atoms. The van der Waals surface area contributed by atoms with E-state index in [0.717, 1.165) is 16.8 Å². The van der Waals surface area contributed by atoms with Crippen LogP contribution >= 0.6 is 0 Å². The van der Waals surface area contributed by atoms with Gasteiger partial charge in [0.1, 0.15) is 0 Å². The number of hydrogen-bond acceptors (Lipinski definition) is 1. The van der Waals surface area contributed by atoms with Crippen molar-refractivity contribution in [3.05, 3.63) is 29.3 Å². The number of anilines is 1. The maximum absolute atomic E-state index is 11.6. The van der Waals surface area contributed by atoms with Crippen LogP contribution in [0.5, 0.6) is 0 Å². The number of aliphatic imine (C=N–C) groups is 1. The molecule has 1 aromatic rings. The Balaban J connectivity index is 3.10. The highest BCUT2D eigenvalue weighted by Gasteiger charge is 2.14. The van der Waals surface area contributed by atoms with Crippen LogP contribution in [0.3, 0.4) is 0 Å². The molecule has 0 aliphatic heterocycles. The number of benzene rings is 1. The second kappa shape index (κ2) is 4.65. The van der Waals surface area contributed by atoms with Gasteiger partial charge in [-0.3, -0.25) is 4.90 Å². The van der Waals surface area contributed by atoms with Crippen molar-refractivity contribution in [1.29, 1.82) is 0 Å². The van der Waals surface area contributed by atoms with Crippen LogP contribution in [-0.2, 0) is 0 Å². The predicted molar refractivity (Wildman–Crippen MR) is 65.5 cm³/mol. The normalized spacial score (nSPS) is 9.69. The van der Waals surface area contributed by atoms with Gasteiger partial charge >= 0.3 is 6.03 Å². The van der Waals surface area contributed by atoms with E-state index >= 15 is 0 Å². The fourth-order valence-electron chi connectivity index (χ4n) is 1.62. The number of nitrogens with two attached hydrogens (primary N) is 2. The Hall–Kier alpha value is -2.04. The third-order valence-corrected chi connectivity index (χ3v) is 2.29. The number of nitrogens with zero attached hydrogens (tertiary/aromatic N) is 2. The van der Waals surface area contributed by atoms with Crippen LogP contribution in [0.4, 0.5) is 10.5 Å². The zero-order chi connectivity index (χ0) is 12.3. The van der Waals surface area contributed by atoms with Gasteiger partial charge in [0.05, 0.1) is 5.69 Å².